The predicted octanol–water partition coefficient (Wildman–Crippen LogP) is 3.45. The molecule has 4 N–H and O–H groups in total. The van der Waals surface area contributed by atoms with Gasteiger partial charge in [-0.05, 0) is 48.7 Å². The van der Waals surface area contributed by atoms with E-state index in [0.717, 1.165) is 52.0 Å². The highest BCUT2D eigenvalue weighted by molar-refractivity contribution is 6.12. The van der Waals surface area contributed by atoms with Crippen LogP contribution in [0.4, 0.5) is 5.82 Å². The summed E-state index contributed by atoms with van der Waals surface area (Å²) in [6.07, 6.45) is 5.81. The predicted molar refractivity (Wildman–Crippen MR) is 147 cm³/mol. The van der Waals surface area contributed by atoms with E-state index in [9.17, 15) is 19.8 Å². The molecule has 0 atom stereocenters. The van der Waals surface area contributed by atoms with Crippen molar-refractivity contribution in [1.82, 2.24) is 19.4 Å². The van der Waals surface area contributed by atoms with Crippen molar-refractivity contribution in [3.8, 4) is 11.5 Å². The summed E-state index contributed by atoms with van der Waals surface area (Å²) in [7, 11) is 0. The largest absolute Gasteiger partial charge is 0.508 e. The van der Waals surface area contributed by atoms with Crippen molar-refractivity contribution in [3.05, 3.63) is 65.5 Å². The Morgan fingerprint density at radius 1 is 0.974 bits per heavy atom. The number of nitrogen functional groups attached to an aromatic ring is 1. The number of anilines is 1. The first-order valence-corrected chi connectivity index (χ1v) is 13.0. The van der Waals surface area contributed by atoms with Gasteiger partial charge in [0, 0.05) is 29.5 Å². The fourth-order valence-electron chi connectivity index (χ4n) is 4.82. The van der Waals surface area contributed by atoms with E-state index in [-0.39, 0.29) is 36.5 Å². The second kappa shape index (κ2) is 11.1. The molecule has 2 amide bonds. The van der Waals surface area contributed by atoms with Crippen LogP contribution in [-0.4, -0.2) is 61.2 Å². The summed E-state index contributed by atoms with van der Waals surface area (Å²) in [4.78, 5) is 34.0. The smallest absolute Gasteiger partial charge is 0.253 e. The quantitative estimate of drug-likeness (QED) is 0.152. The number of fused-ring (bicyclic) bond motifs is 3. The van der Waals surface area contributed by atoms with E-state index >= 15 is 0 Å². The summed E-state index contributed by atoms with van der Waals surface area (Å²) >= 11 is 0. The number of carbonyl (C=O) groups is 2. The Balaban J connectivity index is 1.44. The van der Waals surface area contributed by atoms with E-state index in [4.69, 9.17) is 15.5 Å². The minimum atomic E-state index is -0.317. The lowest BCUT2D eigenvalue weighted by molar-refractivity contribution is -0.137. The SMILES string of the molecule is CCCCc1nc2c(N)nc3ccc(CCOCCN4C(=O)C=CC4=O)cc3c2n1Cc1cc(O)ccc1O. The fourth-order valence-corrected chi connectivity index (χ4v) is 4.82. The molecule has 0 fully saturated rings. The number of ether oxygens (including phenoxy) is 1. The Morgan fingerprint density at radius 3 is 2.54 bits per heavy atom. The van der Waals surface area contributed by atoms with E-state index < -0.39 is 0 Å². The van der Waals surface area contributed by atoms with Crippen LogP contribution in [0, 0.1) is 0 Å². The van der Waals surface area contributed by atoms with Crippen LogP contribution in [0.5, 0.6) is 11.5 Å². The molecule has 10 heteroatoms. The molecule has 0 radical (unpaired) electrons. The second-order valence-electron chi connectivity index (χ2n) is 9.60. The Hall–Kier alpha value is -4.44. The van der Waals surface area contributed by atoms with E-state index in [1.54, 1.807) is 6.07 Å². The molecule has 0 saturated heterocycles. The molecule has 202 valence electrons. The van der Waals surface area contributed by atoms with Gasteiger partial charge in [0.1, 0.15) is 22.8 Å². The van der Waals surface area contributed by atoms with Crippen molar-refractivity contribution in [2.75, 3.05) is 25.5 Å². The van der Waals surface area contributed by atoms with E-state index in [1.165, 1.54) is 24.3 Å². The van der Waals surface area contributed by atoms with Crippen LogP contribution in [0.3, 0.4) is 0 Å². The number of amides is 2. The normalized spacial score (nSPS) is 13.4. The third-order valence-corrected chi connectivity index (χ3v) is 6.89. The number of unbranched alkanes of at least 4 members (excludes halogenated alkanes) is 1. The molecule has 39 heavy (non-hydrogen) atoms. The fraction of sp³-hybridized carbons (Fsp3) is 0.310. The third-order valence-electron chi connectivity index (χ3n) is 6.89. The van der Waals surface area contributed by atoms with Gasteiger partial charge in [0.05, 0.1) is 37.3 Å². The number of phenols is 2. The zero-order valence-corrected chi connectivity index (χ0v) is 21.8. The average Bonchev–Trinajstić information content (AvgIpc) is 3.44. The van der Waals surface area contributed by atoms with Gasteiger partial charge < -0.3 is 25.3 Å². The van der Waals surface area contributed by atoms with Crippen molar-refractivity contribution in [2.45, 2.75) is 39.2 Å². The molecule has 2 aromatic heterocycles. The number of aromatic nitrogens is 3. The van der Waals surface area contributed by atoms with Gasteiger partial charge in [0.2, 0.25) is 0 Å². The van der Waals surface area contributed by atoms with Crippen LogP contribution in [0.25, 0.3) is 21.9 Å². The van der Waals surface area contributed by atoms with Gasteiger partial charge in [0.15, 0.2) is 5.82 Å². The molecule has 10 nitrogen and oxygen atoms in total. The minimum absolute atomic E-state index is 0.0744. The molecule has 1 aliphatic rings. The number of rotatable bonds is 11. The van der Waals surface area contributed by atoms with Crippen LogP contribution in [0.1, 0.15) is 36.7 Å². The summed E-state index contributed by atoms with van der Waals surface area (Å²) in [5.41, 5.74) is 10.1. The number of benzene rings is 2. The lowest BCUT2D eigenvalue weighted by atomic mass is 10.1. The second-order valence-corrected chi connectivity index (χ2v) is 9.60. The summed E-state index contributed by atoms with van der Waals surface area (Å²) in [6.45, 7) is 3.32. The first kappa shape index (κ1) is 26.2. The van der Waals surface area contributed by atoms with Gasteiger partial charge in [0.25, 0.3) is 11.8 Å². The maximum Gasteiger partial charge on any atom is 0.253 e. The number of aromatic hydroxyl groups is 2. The molecule has 5 rings (SSSR count). The van der Waals surface area contributed by atoms with E-state index in [2.05, 4.69) is 22.5 Å². The Labute approximate surface area is 225 Å². The van der Waals surface area contributed by atoms with Gasteiger partial charge in [-0.15, -0.1) is 0 Å². The summed E-state index contributed by atoms with van der Waals surface area (Å²) in [5.74, 6) is 0.708. The van der Waals surface area contributed by atoms with Gasteiger partial charge in [-0.3, -0.25) is 14.5 Å². The molecule has 4 aromatic rings. The third kappa shape index (κ3) is 5.42. The summed E-state index contributed by atoms with van der Waals surface area (Å²) in [6, 6.07) is 10.4. The zero-order chi connectivity index (χ0) is 27.5. The number of imide groups is 1. The van der Waals surface area contributed by atoms with Crippen LogP contribution in [-0.2, 0) is 33.7 Å². The van der Waals surface area contributed by atoms with Crippen LogP contribution < -0.4 is 5.73 Å². The maximum atomic E-state index is 11.7. The highest BCUT2D eigenvalue weighted by Gasteiger charge is 2.22. The number of phenolic OH excluding ortho intramolecular Hbond substituents is 2. The molecule has 0 spiro atoms. The number of carbonyl (C=O) groups excluding carboxylic acids is 2. The first-order valence-electron chi connectivity index (χ1n) is 13.0. The molecule has 0 saturated carbocycles. The van der Waals surface area contributed by atoms with Crippen LogP contribution >= 0.6 is 0 Å². The lowest BCUT2D eigenvalue weighted by Gasteiger charge is -2.14. The number of hydrogen-bond donors (Lipinski definition) is 3. The molecule has 0 bridgehead atoms. The lowest BCUT2D eigenvalue weighted by Crippen LogP contribution is -2.33. The van der Waals surface area contributed by atoms with E-state index in [0.29, 0.717) is 36.5 Å². The zero-order valence-electron chi connectivity index (χ0n) is 21.8. The topological polar surface area (TPSA) is 144 Å². The van der Waals surface area contributed by atoms with Crippen molar-refractivity contribution in [3.63, 3.8) is 0 Å². The molecular weight excluding hydrogens is 498 g/mol. The van der Waals surface area contributed by atoms with Crippen molar-refractivity contribution < 1.29 is 24.5 Å². The van der Waals surface area contributed by atoms with Gasteiger partial charge >= 0.3 is 0 Å². The number of nitrogens with two attached hydrogens (primary N) is 1. The maximum absolute atomic E-state index is 11.7. The van der Waals surface area contributed by atoms with Crippen molar-refractivity contribution in [1.29, 1.82) is 0 Å². The Bertz CT molecular complexity index is 1570. The first-order chi connectivity index (χ1) is 18.9. The van der Waals surface area contributed by atoms with Gasteiger partial charge in [-0.25, -0.2) is 9.97 Å². The highest BCUT2D eigenvalue weighted by Crippen LogP contribution is 2.32. The van der Waals surface area contributed by atoms with Gasteiger partial charge in [-0.1, -0.05) is 19.4 Å². The molecule has 2 aromatic carbocycles. The molecular formula is C29H31N5O5. The van der Waals surface area contributed by atoms with Gasteiger partial charge in [-0.2, -0.15) is 0 Å². The number of nitrogens with zero attached hydrogens (tertiary/aromatic N) is 4. The number of imidazole rings is 1. The number of aryl methyl sites for hydroxylation is 1. The monoisotopic (exact) mass is 529 g/mol. The highest BCUT2D eigenvalue weighted by atomic mass is 16.5. The Kier molecular flexibility index (Phi) is 7.47. The summed E-state index contributed by atoms with van der Waals surface area (Å²) in [5, 5.41) is 21.4. The molecule has 0 aliphatic carbocycles. The van der Waals surface area contributed by atoms with Crippen LogP contribution in [0.2, 0.25) is 0 Å². The Morgan fingerprint density at radius 2 is 1.77 bits per heavy atom. The van der Waals surface area contributed by atoms with Crippen molar-refractivity contribution in [2.24, 2.45) is 0 Å². The molecule has 1 aliphatic heterocycles. The number of hydrogen-bond acceptors (Lipinski definition) is 8. The average molecular weight is 530 g/mol. The van der Waals surface area contributed by atoms with Crippen LogP contribution in [0.15, 0.2) is 48.6 Å². The van der Waals surface area contributed by atoms with Crippen molar-refractivity contribution >= 4 is 39.6 Å². The molecule has 3 heterocycles. The molecule has 0 unspecified atom stereocenters. The van der Waals surface area contributed by atoms with E-state index in [1.807, 2.05) is 12.1 Å². The standard InChI is InChI=1S/C29H31N5O5/c1-2-3-4-24-32-27-28(34(24)17-19-16-20(35)6-8-23(19)36)21-15-18(5-7-22(21)31-29(27)30)11-13-39-14-12-33-25(37)9-10-26(33)38/h5-10,15-16,35-36H,2-4,11-14,17H2,1H3,(H2,30,31). The minimum Gasteiger partial charge on any atom is -0.508 e. The number of pyridine rings is 1. The summed E-state index contributed by atoms with van der Waals surface area (Å²) < 4.78 is 7.77.